The van der Waals surface area contributed by atoms with E-state index in [0.29, 0.717) is 18.5 Å². The van der Waals surface area contributed by atoms with E-state index in [1.807, 2.05) is 40.9 Å². The van der Waals surface area contributed by atoms with Gasteiger partial charge in [0.05, 0.1) is 30.6 Å². The van der Waals surface area contributed by atoms with Gasteiger partial charge in [-0.2, -0.15) is 4.31 Å². The lowest BCUT2D eigenvalue weighted by Crippen LogP contribution is -2.49. The quantitative estimate of drug-likeness (QED) is 0.312. The van der Waals surface area contributed by atoms with Crippen LogP contribution in [0.25, 0.3) is 16.8 Å². The Kier molecular flexibility index (Phi) is 8.08. The summed E-state index contributed by atoms with van der Waals surface area (Å²) < 4.78 is 29.7. The summed E-state index contributed by atoms with van der Waals surface area (Å²) in [6, 6.07) is 21.0. The van der Waals surface area contributed by atoms with Crippen LogP contribution in [0, 0.1) is 0 Å². The number of morpholine rings is 1. The van der Waals surface area contributed by atoms with E-state index in [-0.39, 0.29) is 0 Å². The average molecular weight is 562 g/mol. The van der Waals surface area contributed by atoms with Crippen LogP contribution in [0.1, 0.15) is 18.4 Å². The maximum Gasteiger partial charge on any atom is 0.245 e. The highest BCUT2D eigenvalue weighted by Gasteiger charge is 2.26. The summed E-state index contributed by atoms with van der Waals surface area (Å²) in [5.41, 5.74) is 5.80. The van der Waals surface area contributed by atoms with Crippen LogP contribution in [0.5, 0.6) is 0 Å². The van der Waals surface area contributed by atoms with E-state index in [4.69, 9.17) is 9.84 Å². The topological polar surface area (TPSA) is 98.5 Å². The molecule has 2 saturated heterocycles. The van der Waals surface area contributed by atoms with Gasteiger partial charge in [-0.3, -0.25) is 9.45 Å². The molecule has 1 atom stereocenters. The third kappa shape index (κ3) is 5.89. The molecule has 0 saturated carbocycles. The number of hydrogen-bond donors (Lipinski definition) is 2. The molecule has 0 spiro atoms. The molecule has 2 N–H and O–H groups in total. The molecule has 210 valence electrons. The number of nitrogens with one attached hydrogen (secondary N) is 1. The molecular formula is C29H35N7O3S. The van der Waals surface area contributed by atoms with Crippen LogP contribution in [0.4, 0.5) is 17.3 Å². The molecule has 11 heteroatoms. The smallest absolute Gasteiger partial charge is 0.245 e. The third-order valence-electron chi connectivity index (χ3n) is 7.87. The first-order chi connectivity index (χ1) is 19.5. The predicted molar refractivity (Wildman–Crippen MR) is 158 cm³/mol. The van der Waals surface area contributed by atoms with E-state index in [2.05, 4.69) is 44.4 Å². The molecule has 2 aliphatic rings. The Labute approximate surface area is 237 Å². The molecule has 2 aromatic heterocycles. The van der Waals surface area contributed by atoms with Gasteiger partial charge in [-0.1, -0.05) is 24.3 Å². The lowest BCUT2D eigenvalue weighted by atomic mass is 10.0. The fourth-order valence-electron chi connectivity index (χ4n) is 5.68. The van der Waals surface area contributed by atoms with Gasteiger partial charge in [0, 0.05) is 62.8 Å². The van der Waals surface area contributed by atoms with Crippen molar-refractivity contribution in [3.8, 4) is 11.3 Å². The van der Waals surface area contributed by atoms with E-state index < -0.39 is 11.3 Å². The molecule has 6 rings (SSSR count). The molecule has 0 amide bonds. The fraction of sp³-hybridized carbons (Fsp3) is 0.379. The van der Waals surface area contributed by atoms with Gasteiger partial charge in [0.1, 0.15) is 0 Å². The Morgan fingerprint density at radius 2 is 1.77 bits per heavy atom. The molecule has 40 heavy (non-hydrogen) atoms. The summed E-state index contributed by atoms with van der Waals surface area (Å²) in [6.07, 6.45) is 4.16. The van der Waals surface area contributed by atoms with E-state index in [1.54, 1.807) is 13.2 Å². The average Bonchev–Trinajstić information content (AvgIpc) is 3.41. The molecular weight excluding hydrogens is 526 g/mol. The monoisotopic (exact) mass is 561 g/mol. The normalized spacial score (nSPS) is 17.9. The van der Waals surface area contributed by atoms with Crippen LogP contribution < -0.4 is 10.2 Å². The second kappa shape index (κ2) is 12.0. The first-order valence-electron chi connectivity index (χ1n) is 13.7. The van der Waals surface area contributed by atoms with E-state index >= 15 is 0 Å². The van der Waals surface area contributed by atoms with Crippen molar-refractivity contribution in [1.82, 2.24) is 23.8 Å². The predicted octanol–water partition coefficient (Wildman–Crippen LogP) is 4.01. The number of benzene rings is 2. The zero-order chi connectivity index (χ0) is 27.5. The molecule has 2 fully saturated rings. The number of anilines is 3. The highest BCUT2D eigenvalue weighted by Crippen LogP contribution is 2.28. The summed E-state index contributed by atoms with van der Waals surface area (Å²) >= 11 is -2.04. The number of nitrogens with zero attached hydrogens (tertiary/aromatic N) is 6. The molecule has 4 heterocycles. The number of rotatable bonds is 8. The molecule has 10 nitrogen and oxygen atoms in total. The standard InChI is InChI=1S/C29H35N7O3S/c1-33(40(37)38)21-22-4-2-3-5-27(22)28-11-10-26-20-30-29(32-36(26)28)31-23-6-8-24(9-7-23)34-14-12-25(13-15-34)35-16-18-39-19-17-35/h2-11,20,25H,12-19,21H2,1H3,(H,31,32)(H,37,38). The summed E-state index contributed by atoms with van der Waals surface area (Å²) in [5.74, 6) is 0.495. The Morgan fingerprint density at radius 1 is 1.02 bits per heavy atom. The van der Waals surface area contributed by atoms with Gasteiger partial charge in [0.2, 0.25) is 17.2 Å². The minimum Gasteiger partial charge on any atom is -0.379 e. The Bertz CT molecular complexity index is 1460. The van der Waals surface area contributed by atoms with Gasteiger partial charge >= 0.3 is 0 Å². The second-order valence-electron chi connectivity index (χ2n) is 10.3. The maximum absolute atomic E-state index is 11.5. The Morgan fingerprint density at radius 3 is 2.52 bits per heavy atom. The molecule has 0 radical (unpaired) electrons. The molecule has 0 aliphatic carbocycles. The van der Waals surface area contributed by atoms with Crippen molar-refractivity contribution >= 4 is 34.1 Å². The Hall–Kier alpha value is -3.35. The van der Waals surface area contributed by atoms with E-state index in [0.717, 1.165) is 67.4 Å². The number of ether oxygens (including phenoxy) is 1. The minimum absolute atomic E-state index is 0.333. The largest absolute Gasteiger partial charge is 0.379 e. The highest BCUT2D eigenvalue weighted by atomic mass is 32.2. The lowest BCUT2D eigenvalue weighted by molar-refractivity contribution is 0.0115. The molecule has 2 aromatic carbocycles. The molecule has 0 bridgehead atoms. The SMILES string of the molecule is CN(Cc1ccccc1-c1ccc2cnc(Nc3ccc(N4CCC(N5CCOCC5)CC4)cc3)nn12)S(=O)O. The second-order valence-corrected chi connectivity index (χ2v) is 11.4. The van der Waals surface area contributed by atoms with Crippen molar-refractivity contribution < 1.29 is 13.5 Å². The lowest BCUT2D eigenvalue weighted by Gasteiger charge is -2.40. The number of hydrogen-bond acceptors (Lipinski definition) is 7. The molecule has 1 unspecified atom stereocenters. The van der Waals surface area contributed by atoms with Gasteiger partial charge < -0.3 is 15.0 Å². The third-order valence-corrected chi connectivity index (χ3v) is 8.53. The van der Waals surface area contributed by atoms with Gasteiger partial charge in [0.15, 0.2) is 0 Å². The van der Waals surface area contributed by atoms with Crippen LogP contribution in [0.2, 0.25) is 0 Å². The zero-order valence-electron chi connectivity index (χ0n) is 22.6. The highest BCUT2D eigenvalue weighted by molar-refractivity contribution is 7.76. The van der Waals surface area contributed by atoms with Crippen molar-refractivity contribution in [3.63, 3.8) is 0 Å². The van der Waals surface area contributed by atoms with Gasteiger partial charge in [-0.25, -0.2) is 13.7 Å². The van der Waals surface area contributed by atoms with Crippen LogP contribution in [-0.2, 0) is 22.5 Å². The van der Waals surface area contributed by atoms with Crippen molar-refractivity contribution in [2.75, 3.05) is 56.7 Å². The number of fused-ring (bicyclic) bond motifs is 1. The summed E-state index contributed by atoms with van der Waals surface area (Å²) in [7, 11) is 1.62. The minimum atomic E-state index is -2.04. The van der Waals surface area contributed by atoms with Crippen molar-refractivity contribution in [1.29, 1.82) is 0 Å². The van der Waals surface area contributed by atoms with Crippen molar-refractivity contribution in [2.45, 2.75) is 25.4 Å². The summed E-state index contributed by atoms with van der Waals surface area (Å²) in [6.45, 7) is 6.29. The first-order valence-corrected chi connectivity index (χ1v) is 14.8. The molecule has 2 aliphatic heterocycles. The number of aromatic nitrogens is 3. The fourth-order valence-corrected chi connectivity index (χ4v) is 5.93. The zero-order valence-corrected chi connectivity index (χ0v) is 23.5. The van der Waals surface area contributed by atoms with E-state index in [1.165, 1.54) is 22.8 Å². The molecule has 4 aromatic rings. The van der Waals surface area contributed by atoms with Gasteiger partial charge in [-0.05, 0) is 54.8 Å². The van der Waals surface area contributed by atoms with E-state index in [9.17, 15) is 8.76 Å². The summed E-state index contributed by atoms with van der Waals surface area (Å²) in [5, 5.41) is 8.12. The van der Waals surface area contributed by atoms with Gasteiger partial charge in [0.25, 0.3) is 0 Å². The van der Waals surface area contributed by atoms with Crippen molar-refractivity contribution in [3.05, 3.63) is 72.4 Å². The van der Waals surface area contributed by atoms with Crippen LogP contribution in [0.3, 0.4) is 0 Å². The van der Waals surface area contributed by atoms with Crippen LogP contribution in [-0.4, -0.2) is 85.0 Å². The van der Waals surface area contributed by atoms with Crippen LogP contribution in [0.15, 0.2) is 66.9 Å². The Balaban J connectivity index is 1.14. The number of piperidine rings is 1. The van der Waals surface area contributed by atoms with Crippen LogP contribution >= 0.6 is 0 Å². The maximum atomic E-state index is 11.5. The first kappa shape index (κ1) is 26.9. The van der Waals surface area contributed by atoms with Gasteiger partial charge in [-0.15, -0.1) is 5.10 Å². The summed E-state index contributed by atoms with van der Waals surface area (Å²) in [4.78, 5) is 9.58. The van der Waals surface area contributed by atoms with Crippen molar-refractivity contribution in [2.24, 2.45) is 0 Å².